The lowest BCUT2D eigenvalue weighted by Crippen LogP contribution is -2.37. The summed E-state index contributed by atoms with van der Waals surface area (Å²) in [5, 5.41) is 10.4. The molecule has 2 heterocycles. The standard InChI is InChI=1S/C9H9N5O4/c1-12-7-6(8(15)13(2)9(12)16)11-5(3-10-7)4-14(17)18/h3H,4H2,1-2H3. The molecule has 0 aromatic carbocycles. The first kappa shape index (κ1) is 11.9. The van der Waals surface area contributed by atoms with Crippen molar-refractivity contribution in [1.29, 1.82) is 0 Å². The molecule has 0 atom stereocenters. The van der Waals surface area contributed by atoms with Gasteiger partial charge in [-0.15, -0.1) is 0 Å². The maximum Gasteiger partial charge on any atom is 0.332 e. The number of aromatic nitrogens is 4. The Morgan fingerprint density at radius 2 is 2.00 bits per heavy atom. The van der Waals surface area contributed by atoms with Gasteiger partial charge < -0.3 is 0 Å². The molecule has 9 heteroatoms. The van der Waals surface area contributed by atoms with E-state index in [1.807, 2.05) is 0 Å². The van der Waals surface area contributed by atoms with Crippen molar-refractivity contribution >= 4 is 11.2 Å². The Hall–Kier alpha value is -2.58. The summed E-state index contributed by atoms with van der Waals surface area (Å²) in [6.45, 7) is -0.519. The molecule has 2 aromatic heterocycles. The van der Waals surface area contributed by atoms with E-state index in [1.165, 1.54) is 24.9 Å². The van der Waals surface area contributed by atoms with Gasteiger partial charge in [0.25, 0.3) is 5.56 Å². The average molecular weight is 251 g/mol. The SMILES string of the molecule is Cn1c(=O)c2nc(C[N+](=O)[O-])cnc2n(C)c1=O. The normalized spacial score (nSPS) is 10.8. The van der Waals surface area contributed by atoms with Gasteiger partial charge in [0.1, 0.15) is 5.69 Å². The zero-order valence-corrected chi connectivity index (χ0v) is 9.65. The Balaban J connectivity index is 2.82. The van der Waals surface area contributed by atoms with E-state index in [0.717, 1.165) is 4.57 Å². The molecule has 0 unspecified atom stereocenters. The molecule has 0 bridgehead atoms. The number of hydrogen-bond acceptors (Lipinski definition) is 6. The van der Waals surface area contributed by atoms with Crippen LogP contribution in [0.1, 0.15) is 5.69 Å². The molecule has 0 saturated carbocycles. The van der Waals surface area contributed by atoms with Gasteiger partial charge >= 0.3 is 5.69 Å². The second kappa shape index (κ2) is 4.02. The summed E-state index contributed by atoms with van der Waals surface area (Å²) >= 11 is 0. The fourth-order valence-corrected chi connectivity index (χ4v) is 1.58. The molecule has 94 valence electrons. The van der Waals surface area contributed by atoms with Crippen LogP contribution < -0.4 is 11.2 Å². The second-order valence-corrected chi connectivity index (χ2v) is 3.73. The summed E-state index contributed by atoms with van der Waals surface area (Å²) in [7, 11) is 2.76. The van der Waals surface area contributed by atoms with Gasteiger partial charge in [-0.1, -0.05) is 0 Å². The van der Waals surface area contributed by atoms with E-state index >= 15 is 0 Å². The minimum atomic E-state index is -0.620. The number of fused-ring (bicyclic) bond motifs is 1. The number of aryl methyl sites for hydroxylation is 1. The van der Waals surface area contributed by atoms with Crippen molar-refractivity contribution in [2.24, 2.45) is 14.1 Å². The third-order valence-corrected chi connectivity index (χ3v) is 2.49. The molecule has 18 heavy (non-hydrogen) atoms. The summed E-state index contributed by atoms with van der Waals surface area (Å²) in [5.41, 5.74) is -1.02. The van der Waals surface area contributed by atoms with Crippen LogP contribution in [-0.4, -0.2) is 24.0 Å². The zero-order chi connectivity index (χ0) is 13.4. The van der Waals surface area contributed by atoms with E-state index < -0.39 is 22.7 Å². The zero-order valence-electron chi connectivity index (χ0n) is 9.65. The Morgan fingerprint density at radius 3 is 2.61 bits per heavy atom. The number of hydrogen-bond donors (Lipinski definition) is 0. The van der Waals surface area contributed by atoms with Gasteiger partial charge in [-0.25, -0.2) is 14.8 Å². The highest BCUT2D eigenvalue weighted by Crippen LogP contribution is 2.02. The summed E-state index contributed by atoms with van der Waals surface area (Å²) in [4.78, 5) is 41.0. The van der Waals surface area contributed by atoms with Crippen molar-refractivity contribution in [1.82, 2.24) is 19.1 Å². The van der Waals surface area contributed by atoms with Gasteiger partial charge in [0.15, 0.2) is 11.2 Å². The molecule has 0 aliphatic rings. The van der Waals surface area contributed by atoms with Crippen molar-refractivity contribution < 1.29 is 4.92 Å². The maximum atomic E-state index is 11.8. The first-order valence-corrected chi connectivity index (χ1v) is 4.95. The number of rotatable bonds is 2. The number of nitrogens with zero attached hydrogens (tertiary/aromatic N) is 5. The topological polar surface area (TPSA) is 113 Å². The van der Waals surface area contributed by atoms with Crippen LogP contribution in [0.2, 0.25) is 0 Å². The van der Waals surface area contributed by atoms with Crippen LogP contribution in [0.5, 0.6) is 0 Å². The van der Waals surface area contributed by atoms with Gasteiger partial charge in [-0.2, -0.15) is 0 Å². The van der Waals surface area contributed by atoms with E-state index in [2.05, 4.69) is 9.97 Å². The van der Waals surface area contributed by atoms with Crippen molar-refractivity contribution in [3.8, 4) is 0 Å². The predicted molar refractivity (Wildman–Crippen MR) is 60.7 cm³/mol. The predicted octanol–water partition coefficient (Wildman–Crippen LogP) is -1.20. The molecule has 0 fully saturated rings. The molecule has 2 aromatic rings. The summed E-state index contributed by atoms with van der Waals surface area (Å²) in [6.07, 6.45) is 1.18. The van der Waals surface area contributed by atoms with Crippen molar-refractivity contribution in [3.05, 3.63) is 42.8 Å². The smallest absolute Gasteiger partial charge is 0.279 e. The van der Waals surface area contributed by atoms with E-state index in [-0.39, 0.29) is 16.9 Å². The lowest BCUT2D eigenvalue weighted by molar-refractivity contribution is -0.497. The van der Waals surface area contributed by atoms with E-state index in [1.54, 1.807) is 0 Å². The van der Waals surface area contributed by atoms with Crippen molar-refractivity contribution in [2.45, 2.75) is 6.54 Å². The molecule has 0 saturated heterocycles. The van der Waals surface area contributed by atoms with E-state index in [0.29, 0.717) is 0 Å². The first-order chi connectivity index (χ1) is 8.41. The quantitative estimate of drug-likeness (QED) is 0.489. The lowest BCUT2D eigenvalue weighted by atomic mass is 10.4. The monoisotopic (exact) mass is 251 g/mol. The van der Waals surface area contributed by atoms with Crippen LogP contribution in [0.3, 0.4) is 0 Å². The van der Waals surface area contributed by atoms with Crippen LogP contribution in [0.15, 0.2) is 15.8 Å². The Labute approximate surface area is 99.5 Å². The summed E-state index contributed by atoms with van der Waals surface area (Å²) < 4.78 is 2.05. The largest absolute Gasteiger partial charge is 0.332 e. The summed E-state index contributed by atoms with van der Waals surface area (Å²) in [6, 6.07) is 0. The van der Waals surface area contributed by atoms with Crippen molar-refractivity contribution in [3.63, 3.8) is 0 Å². The minimum absolute atomic E-state index is 0.0565. The Kier molecular flexibility index (Phi) is 2.66. The highest BCUT2D eigenvalue weighted by Gasteiger charge is 2.13. The molecule has 0 aliphatic heterocycles. The second-order valence-electron chi connectivity index (χ2n) is 3.73. The van der Waals surface area contributed by atoms with E-state index in [4.69, 9.17) is 0 Å². The van der Waals surface area contributed by atoms with Crippen molar-refractivity contribution in [2.75, 3.05) is 0 Å². The van der Waals surface area contributed by atoms with Crippen LogP contribution >= 0.6 is 0 Å². The number of nitro groups is 1. The third-order valence-electron chi connectivity index (χ3n) is 2.49. The van der Waals surface area contributed by atoms with Gasteiger partial charge in [-0.05, 0) is 0 Å². The highest BCUT2D eigenvalue weighted by molar-refractivity contribution is 5.68. The van der Waals surface area contributed by atoms with E-state index in [9.17, 15) is 19.7 Å². The lowest BCUT2D eigenvalue weighted by Gasteiger charge is -2.05. The first-order valence-electron chi connectivity index (χ1n) is 4.95. The Bertz CT molecular complexity index is 760. The molecule has 0 spiro atoms. The third kappa shape index (κ3) is 1.75. The average Bonchev–Trinajstić information content (AvgIpc) is 2.33. The minimum Gasteiger partial charge on any atom is -0.279 e. The summed E-state index contributed by atoms with van der Waals surface area (Å²) in [5.74, 6) is 0. The fourth-order valence-electron chi connectivity index (χ4n) is 1.58. The van der Waals surface area contributed by atoms with Gasteiger partial charge in [-0.3, -0.25) is 24.0 Å². The van der Waals surface area contributed by atoms with Crippen LogP contribution in [0.25, 0.3) is 11.2 Å². The molecule has 0 N–H and O–H groups in total. The molecular weight excluding hydrogens is 242 g/mol. The highest BCUT2D eigenvalue weighted by atomic mass is 16.6. The maximum absolute atomic E-state index is 11.8. The molecule has 0 amide bonds. The molecule has 0 aliphatic carbocycles. The van der Waals surface area contributed by atoms with Crippen LogP contribution in [0.4, 0.5) is 0 Å². The fraction of sp³-hybridized carbons (Fsp3) is 0.333. The van der Waals surface area contributed by atoms with Gasteiger partial charge in [0.05, 0.1) is 6.20 Å². The molecule has 0 radical (unpaired) electrons. The Morgan fingerprint density at radius 1 is 1.33 bits per heavy atom. The van der Waals surface area contributed by atoms with Gasteiger partial charge in [0, 0.05) is 19.0 Å². The van der Waals surface area contributed by atoms with Crippen LogP contribution in [-0.2, 0) is 20.6 Å². The van der Waals surface area contributed by atoms with Crippen LogP contribution in [0, 0.1) is 10.1 Å². The molecular formula is C9H9N5O4. The molecule has 9 nitrogen and oxygen atoms in total. The van der Waals surface area contributed by atoms with Gasteiger partial charge in [0.2, 0.25) is 6.54 Å². The molecule has 2 rings (SSSR count).